The third-order valence-corrected chi connectivity index (χ3v) is 3.64. The van der Waals surface area contributed by atoms with Crippen molar-refractivity contribution in [3.8, 4) is 17.0 Å². The van der Waals surface area contributed by atoms with Gasteiger partial charge in [0.15, 0.2) is 0 Å². The van der Waals surface area contributed by atoms with E-state index < -0.39 is 0 Å². The van der Waals surface area contributed by atoms with E-state index >= 15 is 0 Å². The monoisotopic (exact) mass is 394 g/mol. The molecular formula is C15H12Br2N2O. The topological polar surface area (TPSA) is 35.0 Å². The van der Waals surface area contributed by atoms with Crippen LogP contribution in [0.1, 0.15) is 0 Å². The van der Waals surface area contributed by atoms with Crippen molar-refractivity contribution in [2.75, 3.05) is 7.11 Å². The van der Waals surface area contributed by atoms with Crippen LogP contribution in [0.25, 0.3) is 22.2 Å². The van der Waals surface area contributed by atoms with Crippen molar-refractivity contribution >= 4 is 43.8 Å². The van der Waals surface area contributed by atoms with Gasteiger partial charge in [-0.25, -0.2) is 4.98 Å². The summed E-state index contributed by atoms with van der Waals surface area (Å²) in [6.07, 6.45) is 3.56. The average molecular weight is 396 g/mol. The van der Waals surface area contributed by atoms with Crippen LogP contribution < -0.4 is 4.74 Å². The molecule has 20 heavy (non-hydrogen) atoms. The minimum Gasteiger partial charge on any atom is -0.494 e. The van der Waals surface area contributed by atoms with Crippen molar-refractivity contribution in [1.82, 2.24) is 9.97 Å². The molecule has 102 valence electrons. The molecule has 0 aliphatic carbocycles. The van der Waals surface area contributed by atoms with Gasteiger partial charge in [0, 0.05) is 27.8 Å². The Balaban J connectivity index is 0.00000147. The second-order valence-electron chi connectivity index (χ2n) is 4.08. The molecule has 1 aromatic carbocycles. The van der Waals surface area contributed by atoms with E-state index in [9.17, 15) is 0 Å². The molecule has 0 spiro atoms. The molecule has 3 nitrogen and oxygen atoms in total. The summed E-state index contributed by atoms with van der Waals surface area (Å²) >= 11 is 3.53. The minimum absolute atomic E-state index is 0. The number of ether oxygens (including phenoxy) is 1. The fourth-order valence-corrected chi connectivity index (χ4v) is 2.45. The van der Waals surface area contributed by atoms with E-state index in [1.807, 2.05) is 36.4 Å². The zero-order chi connectivity index (χ0) is 13.2. The summed E-state index contributed by atoms with van der Waals surface area (Å²) in [5.74, 6) is 0.768. The van der Waals surface area contributed by atoms with E-state index in [-0.39, 0.29) is 17.0 Å². The fraction of sp³-hybridized carbons (Fsp3) is 0.0667. The first-order valence-electron chi connectivity index (χ1n) is 5.83. The molecule has 3 rings (SSSR count). The summed E-state index contributed by atoms with van der Waals surface area (Å²) in [6.45, 7) is 0. The zero-order valence-electron chi connectivity index (χ0n) is 10.7. The van der Waals surface area contributed by atoms with Gasteiger partial charge < -0.3 is 4.74 Å². The molecule has 3 aromatic rings. The second kappa shape index (κ2) is 6.33. The van der Waals surface area contributed by atoms with Crippen molar-refractivity contribution in [2.24, 2.45) is 0 Å². The molecule has 0 saturated carbocycles. The minimum atomic E-state index is 0. The van der Waals surface area contributed by atoms with Gasteiger partial charge in [0.25, 0.3) is 0 Å². The van der Waals surface area contributed by atoms with E-state index in [0.717, 1.165) is 32.4 Å². The van der Waals surface area contributed by atoms with Crippen LogP contribution in [0, 0.1) is 0 Å². The molecule has 5 heteroatoms. The molecule has 0 radical (unpaired) electrons. The van der Waals surface area contributed by atoms with E-state index in [2.05, 4.69) is 25.9 Å². The Labute approximate surface area is 135 Å². The highest BCUT2D eigenvalue weighted by molar-refractivity contribution is 9.10. The largest absolute Gasteiger partial charge is 0.494 e. The standard InChI is InChI=1S/C15H11BrN2O.BrH/c1-19-14-7-5-12(16)11-4-6-13(18-15(11)14)10-3-2-8-17-9-10;/h2-9H,1H3;1H. The number of pyridine rings is 2. The molecule has 0 aliphatic rings. The van der Waals surface area contributed by atoms with Crippen LogP contribution in [0.3, 0.4) is 0 Å². The van der Waals surface area contributed by atoms with Gasteiger partial charge in [-0.15, -0.1) is 17.0 Å². The lowest BCUT2D eigenvalue weighted by Gasteiger charge is -2.08. The van der Waals surface area contributed by atoms with Crippen LogP contribution >= 0.6 is 32.9 Å². The van der Waals surface area contributed by atoms with Crippen molar-refractivity contribution in [3.05, 3.63) is 53.3 Å². The van der Waals surface area contributed by atoms with Crippen LogP contribution in [0.2, 0.25) is 0 Å². The maximum absolute atomic E-state index is 5.37. The number of fused-ring (bicyclic) bond motifs is 1. The smallest absolute Gasteiger partial charge is 0.145 e. The lowest BCUT2D eigenvalue weighted by Crippen LogP contribution is -1.91. The Morgan fingerprint density at radius 3 is 2.65 bits per heavy atom. The number of benzene rings is 1. The lowest BCUT2D eigenvalue weighted by molar-refractivity contribution is 0.419. The molecule has 0 N–H and O–H groups in total. The quantitative estimate of drug-likeness (QED) is 0.633. The molecular weight excluding hydrogens is 384 g/mol. The highest BCUT2D eigenvalue weighted by Crippen LogP contribution is 2.32. The molecule has 0 amide bonds. The van der Waals surface area contributed by atoms with Crippen molar-refractivity contribution in [2.45, 2.75) is 0 Å². The van der Waals surface area contributed by atoms with Crippen molar-refractivity contribution in [3.63, 3.8) is 0 Å². The van der Waals surface area contributed by atoms with E-state index in [1.54, 1.807) is 19.5 Å². The summed E-state index contributed by atoms with van der Waals surface area (Å²) < 4.78 is 6.38. The van der Waals surface area contributed by atoms with Crippen LogP contribution in [-0.2, 0) is 0 Å². The van der Waals surface area contributed by atoms with Crippen LogP contribution in [-0.4, -0.2) is 17.1 Å². The maximum Gasteiger partial charge on any atom is 0.145 e. The zero-order valence-corrected chi connectivity index (χ0v) is 14.0. The van der Waals surface area contributed by atoms with Gasteiger partial charge in [-0.05, 0) is 36.4 Å². The van der Waals surface area contributed by atoms with Gasteiger partial charge in [0.1, 0.15) is 11.3 Å². The number of halogens is 2. The molecule has 2 aromatic heterocycles. The number of aromatic nitrogens is 2. The van der Waals surface area contributed by atoms with Crippen LogP contribution in [0.5, 0.6) is 5.75 Å². The molecule has 2 heterocycles. The summed E-state index contributed by atoms with van der Waals surface area (Å²) in [5.41, 5.74) is 2.72. The Morgan fingerprint density at radius 2 is 1.95 bits per heavy atom. The Kier molecular flexibility index (Phi) is 4.73. The number of hydrogen-bond acceptors (Lipinski definition) is 3. The molecule has 0 fully saturated rings. The maximum atomic E-state index is 5.37. The van der Waals surface area contributed by atoms with Gasteiger partial charge in [-0.1, -0.05) is 15.9 Å². The second-order valence-corrected chi connectivity index (χ2v) is 4.94. The normalized spacial score (nSPS) is 10.1. The highest BCUT2D eigenvalue weighted by atomic mass is 79.9. The fourth-order valence-electron chi connectivity index (χ4n) is 2.00. The first-order chi connectivity index (χ1) is 9.29. The molecule has 0 saturated heterocycles. The number of rotatable bonds is 2. The highest BCUT2D eigenvalue weighted by Gasteiger charge is 2.08. The van der Waals surface area contributed by atoms with Crippen LogP contribution in [0.15, 0.2) is 53.3 Å². The van der Waals surface area contributed by atoms with Crippen molar-refractivity contribution in [1.29, 1.82) is 0 Å². The molecule has 0 atom stereocenters. The summed E-state index contributed by atoms with van der Waals surface area (Å²) in [7, 11) is 1.65. The first kappa shape index (κ1) is 14.9. The SMILES string of the molecule is Br.COc1ccc(Br)c2ccc(-c3cccnc3)nc12. The number of methoxy groups -OCH3 is 1. The van der Waals surface area contributed by atoms with Crippen LogP contribution in [0.4, 0.5) is 0 Å². The first-order valence-corrected chi connectivity index (χ1v) is 6.62. The molecule has 0 unspecified atom stereocenters. The third-order valence-electron chi connectivity index (χ3n) is 2.94. The lowest BCUT2D eigenvalue weighted by atomic mass is 10.1. The Bertz CT molecular complexity index is 733. The van der Waals surface area contributed by atoms with Crippen molar-refractivity contribution < 1.29 is 4.74 Å². The van der Waals surface area contributed by atoms with Gasteiger partial charge in [0.2, 0.25) is 0 Å². The number of hydrogen-bond donors (Lipinski definition) is 0. The number of nitrogens with zero attached hydrogens (tertiary/aromatic N) is 2. The van der Waals surface area contributed by atoms with Gasteiger partial charge >= 0.3 is 0 Å². The molecule has 0 bridgehead atoms. The Morgan fingerprint density at radius 1 is 1.10 bits per heavy atom. The van der Waals surface area contributed by atoms with Gasteiger partial charge in [-0.2, -0.15) is 0 Å². The summed E-state index contributed by atoms with van der Waals surface area (Å²) in [5, 5.41) is 1.03. The van der Waals surface area contributed by atoms with E-state index in [0.29, 0.717) is 0 Å². The van der Waals surface area contributed by atoms with E-state index in [1.165, 1.54) is 0 Å². The van der Waals surface area contributed by atoms with Gasteiger partial charge in [-0.3, -0.25) is 4.98 Å². The predicted molar refractivity (Wildman–Crippen MR) is 89.5 cm³/mol. The molecule has 0 aliphatic heterocycles. The Hall–Kier alpha value is -1.46. The summed E-state index contributed by atoms with van der Waals surface area (Å²) in [6, 6.07) is 11.8. The predicted octanol–water partition coefficient (Wildman–Crippen LogP) is 4.65. The average Bonchev–Trinajstić information content (AvgIpc) is 2.48. The van der Waals surface area contributed by atoms with Gasteiger partial charge in [0.05, 0.1) is 12.8 Å². The van der Waals surface area contributed by atoms with E-state index in [4.69, 9.17) is 4.74 Å². The third kappa shape index (κ3) is 2.69. The summed E-state index contributed by atoms with van der Waals surface area (Å²) in [4.78, 5) is 8.80.